The fraction of sp³-hybridized carbons (Fsp3) is 0.176. The summed E-state index contributed by atoms with van der Waals surface area (Å²) in [6, 6.07) is 12.1. The number of amides is 2. The lowest BCUT2D eigenvalue weighted by Crippen LogP contribution is -2.27. The summed E-state index contributed by atoms with van der Waals surface area (Å²) < 4.78 is 11.6. The number of rotatable bonds is 4. The molecule has 2 aromatic carbocycles. The van der Waals surface area contributed by atoms with Crippen molar-refractivity contribution < 1.29 is 14.1 Å². The largest absolute Gasteiger partial charge is 0.497 e. The van der Waals surface area contributed by atoms with E-state index in [9.17, 15) is 4.79 Å². The van der Waals surface area contributed by atoms with Gasteiger partial charge in [0.05, 0.1) is 18.2 Å². The molecule has 25 heavy (non-hydrogen) atoms. The normalized spacial score (nSPS) is 10.6. The molecule has 0 atom stereocenters. The third kappa shape index (κ3) is 3.34. The van der Waals surface area contributed by atoms with E-state index in [-0.39, 0.29) is 0 Å². The van der Waals surface area contributed by atoms with Crippen LogP contribution in [-0.4, -0.2) is 32.4 Å². The number of thiol groups is 1. The monoisotopic (exact) mass is 358 g/mol. The number of nitrogens with one attached hydrogen (secondary N) is 1. The first kappa shape index (κ1) is 17.0. The number of ether oxygens (including phenoxy) is 1. The van der Waals surface area contributed by atoms with E-state index in [0.29, 0.717) is 28.2 Å². The van der Waals surface area contributed by atoms with Crippen molar-refractivity contribution in [2.45, 2.75) is 0 Å². The van der Waals surface area contributed by atoms with E-state index in [2.05, 4.69) is 23.3 Å². The molecule has 7 nitrogen and oxygen atoms in total. The number of aromatic nitrogens is 1. The van der Waals surface area contributed by atoms with Gasteiger partial charge in [-0.1, -0.05) is 24.0 Å². The van der Waals surface area contributed by atoms with Gasteiger partial charge < -0.3 is 19.5 Å². The fourth-order valence-corrected chi connectivity index (χ4v) is 2.61. The van der Waals surface area contributed by atoms with Gasteiger partial charge in [0.2, 0.25) is 0 Å². The van der Waals surface area contributed by atoms with Gasteiger partial charge in [0, 0.05) is 19.8 Å². The predicted molar refractivity (Wildman–Crippen MR) is 102 cm³/mol. The summed E-state index contributed by atoms with van der Waals surface area (Å²) in [7, 11) is 5.40. The number of carbonyl (C=O) groups is 1. The summed E-state index contributed by atoms with van der Waals surface area (Å²) in [5.74, 6) is 1.03. The fourth-order valence-electron chi connectivity index (χ4n) is 2.42. The molecule has 0 radical (unpaired) electrons. The van der Waals surface area contributed by atoms with Crippen molar-refractivity contribution in [1.82, 2.24) is 5.16 Å². The summed E-state index contributed by atoms with van der Waals surface area (Å²) >= 11 is 4.30. The summed E-state index contributed by atoms with van der Waals surface area (Å²) in [4.78, 5) is 14.4. The van der Waals surface area contributed by atoms with Gasteiger partial charge in [-0.2, -0.15) is 0 Å². The third-order valence-electron chi connectivity index (χ3n) is 3.67. The average Bonchev–Trinajstić information content (AvgIpc) is 3.05. The van der Waals surface area contributed by atoms with E-state index >= 15 is 0 Å². The van der Waals surface area contributed by atoms with Crippen LogP contribution in [-0.2, 0) is 0 Å². The molecule has 2 amide bonds. The molecular weight excluding hydrogens is 340 g/mol. The summed E-state index contributed by atoms with van der Waals surface area (Å²) in [6.45, 7) is 0. The van der Waals surface area contributed by atoms with Crippen LogP contribution in [0, 0.1) is 0 Å². The number of methoxy groups -OCH3 is 1. The van der Waals surface area contributed by atoms with E-state index in [1.54, 1.807) is 37.4 Å². The average molecular weight is 358 g/mol. The Bertz CT molecular complexity index is 893. The minimum absolute atomic E-state index is 0.327. The number of hydrogen-bond donors (Lipinski definition) is 2. The number of anilines is 3. The highest BCUT2D eigenvalue weighted by Gasteiger charge is 2.22. The number of fused-ring (bicyclic) bond motifs is 1. The molecule has 1 heterocycles. The standard InChI is InChI=1S/C17H18N4O3S/c1-20(2)13-5-4-6-14-15(13)16(19-24-14)21(25)17(22)18-11-7-9-12(23-3)10-8-11/h4-10,25H,1-3H3,(H,18,22). The predicted octanol–water partition coefficient (Wildman–Crippen LogP) is 3.79. The Morgan fingerprint density at radius 1 is 1.20 bits per heavy atom. The lowest BCUT2D eigenvalue weighted by molar-refractivity contribution is 0.260. The second-order valence-electron chi connectivity index (χ2n) is 5.52. The molecule has 0 fully saturated rings. The maximum atomic E-state index is 12.5. The first-order chi connectivity index (χ1) is 12.0. The van der Waals surface area contributed by atoms with Crippen LogP contribution in [0.5, 0.6) is 5.75 Å². The highest BCUT2D eigenvalue weighted by molar-refractivity contribution is 7.82. The summed E-state index contributed by atoms with van der Waals surface area (Å²) in [5, 5.41) is 7.47. The van der Waals surface area contributed by atoms with Crippen LogP contribution in [0.25, 0.3) is 11.0 Å². The maximum Gasteiger partial charge on any atom is 0.337 e. The van der Waals surface area contributed by atoms with Crippen LogP contribution in [0.1, 0.15) is 0 Å². The second-order valence-corrected chi connectivity index (χ2v) is 5.92. The summed E-state index contributed by atoms with van der Waals surface area (Å²) in [6.07, 6.45) is 0. The highest BCUT2D eigenvalue weighted by atomic mass is 32.1. The van der Waals surface area contributed by atoms with Gasteiger partial charge in [0.1, 0.15) is 5.75 Å². The molecule has 3 rings (SSSR count). The number of urea groups is 1. The zero-order valence-corrected chi connectivity index (χ0v) is 14.9. The molecule has 0 aliphatic carbocycles. The van der Waals surface area contributed by atoms with Crippen molar-refractivity contribution >= 4 is 47.0 Å². The molecule has 0 unspecified atom stereocenters. The number of hydrogen-bond acceptors (Lipinski definition) is 6. The van der Waals surface area contributed by atoms with Crippen molar-refractivity contribution in [3.05, 3.63) is 42.5 Å². The van der Waals surface area contributed by atoms with E-state index in [1.807, 2.05) is 31.1 Å². The quantitative estimate of drug-likeness (QED) is 0.695. The lowest BCUT2D eigenvalue weighted by atomic mass is 10.2. The number of carbonyl (C=O) groups excluding carboxylic acids is 1. The first-order valence-corrected chi connectivity index (χ1v) is 7.91. The Balaban J connectivity index is 1.88. The first-order valence-electron chi connectivity index (χ1n) is 7.51. The van der Waals surface area contributed by atoms with Crippen molar-refractivity contribution in [3.8, 4) is 5.75 Å². The molecule has 1 N–H and O–H groups in total. The van der Waals surface area contributed by atoms with E-state index < -0.39 is 6.03 Å². The van der Waals surface area contributed by atoms with Crippen molar-refractivity contribution in [1.29, 1.82) is 0 Å². The zero-order valence-electron chi connectivity index (χ0n) is 14.1. The van der Waals surface area contributed by atoms with Crippen LogP contribution >= 0.6 is 12.8 Å². The van der Waals surface area contributed by atoms with Crippen LogP contribution in [0.4, 0.5) is 22.0 Å². The molecule has 0 saturated heterocycles. The van der Waals surface area contributed by atoms with Gasteiger partial charge in [-0.15, -0.1) is 0 Å². The van der Waals surface area contributed by atoms with E-state index in [4.69, 9.17) is 9.26 Å². The molecular formula is C17H18N4O3S. The molecule has 0 aliphatic rings. The maximum absolute atomic E-state index is 12.5. The second kappa shape index (κ2) is 6.94. The molecule has 0 saturated carbocycles. The van der Waals surface area contributed by atoms with E-state index in [1.165, 1.54) is 0 Å². The van der Waals surface area contributed by atoms with Crippen LogP contribution in [0.15, 0.2) is 47.0 Å². The van der Waals surface area contributed by atoms with Crippen LogP contribution < -0.4 is 19.3 Å². The van der Waals surface area contributed by atoms with Gasteiger partial charge in [0.15, 0.2) is 11.4 Å². The van der Waals surface area contributed by atoms with E-state index in [0.717, 1.165) is 9.99 Å². The Kier molecular flexibility index (Phi) is 4.71. The molecule has 1 aromatic heterocycles. The minimum Gasteiger partial charge on any atom is -0.497 e. The van der Waals surface area contributed by atoms with Gasteiger partial charge in [-0.05, 0) is 36.4 Å². The Morgan fingerprint density at radius 2 is 1.92 bits per heavy atom. The van der Waals surface area contributed by atoms with Crippen molar-refractivity contribution in [2.24, 2.45) is 0 Å². The van der Waals surface area contributed by atoms with Gasteiger partial charge >= 0.3 is 6.03 Å². The Labute approximate surface area is 150 Å². The molecule has 3 aromatic rings. The number of benzene rings is 2. The minimum atomic E-state index is -0.447. The molecule has 8 heteroatoms. The smallest absolute Gasteiger partial charge is 0.337 e. The van der Waals surface area contributed by atoms with Crippen LogP contribution in [0.3, 0.4) is 0 Å². The molecule has 0 aliphatic heterocycles. The summed E-state index contributed by atoms with van der Waals surface area (Å²) in [5.41, 5.74) is 2.08. The van der Waals surface area contributed by atoms with Crippen molar-refractivity contribution in [3.63, 3.8) is 0 Å². The van der Waals surface area contributed by atoms with Crippen LogP contribution in [0.2, 0.25) is 0 Å². The third-order valence-corrected chi connectivity index (χ3v) is 4.05. The SMILES string of the molecule is COc1ccc(NC(=O)N(S)c2noc3cccc(N(C)C)c23)cc1. The zero-order chi connectivity index (χ0) is 18.0. The Hall–Kier alpha value is -2.87. The molecule has 0 spiro atoms. The van der Waals surface area contributed by atoms with Crippen molar-refractivity contribution in [2.75, 3.05) is 35.7 Å². The lowest BCUT2D eigenvalue weighted by Gasteiger charge is -2.17. The molecule has 130 valence electrons. The topological polar surface area (TPSA) is 70.8 Å². The molecule has 0 bridgehead atoms. The highest BCUT2D eigenvalue weighted by Crippen LogP contribution is 2.35. The Morgan fingerprint density at radius 3 is 2.56 bits per heavy atom. The number of nitrogens with zero attached hydrogens (tertiary/aromatic N) is 3. The van der Waals surface area contributed by atoms with Gasteiger partial charge in [0.25, 0.3) is 0 Å². The van der Waals surface area contributed by atoms with Gasteiger partial charge in [-0.3, -0.25) is 0 Å². The van der Waals surface area contributed by atoms with Gasteiger partial charge in [-0.25, -0.2) is 9.10 Å².